The summed E-state index contributed by atoms with van der Waals surface area (Å²) < 4.78 is 5.13. The van der Waals surface area contributed by atoms with Gasteiger partial charge in [0.1, 0.15) is 5.76 Å². The lowest BCUT2D eigenvalue weighted by Crippen LogP contribution is -2.33. The topological polar surface area (TPSA) is 45.5 Å². The number of nitrogens with zero attached hydrogens (tertiary/aromatic N) is 1. The average molecular weight is 290 g/mol. The molecule has 1 amide bonds. The van der Waals surface area contributed by atoms with Crippen LogP contribution in [-0.2, 0) is 4.79 Å². The summed E-state index contributed by atoms with van der Waals surface area (Å²) in [6.07, 6.45) is 4.72. The highest BCUT2D eigenvalue weighted by atomic mass is 32.1. The maximum Gasteiger partial charge on any atom is 0.244 e. The molecule has 0 radical (unpaired) electrons. The molecule has 0 aromatic carbocycles. The summed E-state index contributed by atoms with van der Waals surface area (Å²) in [7, 11) is 4.02. The fourth-order valence-electron chi connectivity index (χ4n) is 1.82. The van der Waals surface area contributed by atoms with Crippen molar-refractivity contribution in [1.82, 2.24) is 10.2 Å². The Bertz CT molecular complexity index is 544. The maximum absolute atomic E-state index is 11.8. The summed E-state index contributed by atoms with van der Waals surface area (Å²) in [6.45, 7) is 0.578. The number of furan rings is 1. The maximum atomic E-state index is 11.8. The van der Waals surface area contributed by atoms with Crippen LogP contribution in [0.4, 0.5) is 0 Å². The lowest BCUT2D eigenvalue weighted by atomic mass is 10.2. The van der Waals surface area contributed by atoms with Crippen molar-refractivity contribution in [2.24, 2.45) is 0 Å². The van der Waals surface area contributed by atoms with Gasteiger partial charge in [-0.1, -0.05) is 6.07 Å². The van der Waals surface area contributed by atoms with Crippen molar-refractivity contribution in [2.45, 2.75) is 6.04 Å². The molecule has 0 aliphatic carbocycles. The zero-order chi connectivity index (χ0) is 14.4. The van der Waals surface area contributed by atoms with Gasteiger partial charge in [0.05, 0.1) is 12.3 Å². The molecular formula is C15H18N2O2S. The van der Waals surface area contributed by atoms with Crippen molar-refractivity contribution >= 4 is 23.3 Å². The predicted molar refractivity (Wildman–Crippen MR) is 81.5 cm³/mol. The zero-order valence-corrected chi connectivity index (χ0v) is 12.4. The van der Waals surface area contributed by atoms with E-state index in [0.717, 1.165) is 0 Å². The Morgan fingerprint density at radius 1 is 1.45 bits per heavy atom. The van der Waals surface area contributed by atoms with Gasteiger partial charge in [-0.2, -0.15) is 0 Å². The van der Waals surface area contributed by atoms with E-state index in [9.17, 15) is 4.79 Å². The van der Waals surface area contributed by atoms with Gasteiger partial charge >= 0.3 is 0 Å². The van der Waals surface area contributed by atoms with Crippen LogP contribution in [0.2, 0.25) is 0 Å². The monoisotopic (exact) mass is 290 g/mol. The third-order valence-corrected chi connectivity index (χ3v) is 3.88. The number of rotatable bonds is 6. The van der Waals surface area contributed by atoms with Crippen LogP contribution in [0, 0.1) is 0 Å². The SMILES string of the molecule is CN(C)[C@H](CNC(=O)/C=C/c1ccco1)c1cccs1. The van der Waals surface area contributed by atoms with Gasteiger partial charge in [-0.05, 0) is 43.8 Å². The highest BCUT2D eigenvalue weighted by Crippen LogP contribution is 2.22. The third-order valence-electron chi connectivity index (χ3n) is 2.91. The molecule has 0 saturated heterocycles. The van der Waals surface area contributed by atoms with E-state index in [-0.39, 0.29) is 11.9 Å². The Morgan fingerprint density at radius 3 is 2.90 bits per heavy atom. The smallest absolute Gasteiger partial charge is 0.244 e. The van der Waals surface area contributed by atoms with Crippen LogP contribution in [0.15, 0.2) is 46.4 Å². The predicted octanol–water partition coefficient (Wildman–Crippen LogP) is 2.77. The summed E-state index contributed by atoms with van der Waals surface area (Å²) in [4.78, 5) is 15.1. The Balaban J connectivity index is 1.88. The normalized spacial score (nSPS) is 12.9. The molecule has 0 bridgehead atoms. The third kappa shape index (κ3) is 4.08. The molecule has 0 spiro atoms. The van der Waals surface area contributed by atoms with Crippen molar-refractivity contribution < 1.29 is 9.21 Å². The lowest BCUT2D eigenvalue weighted by molar-refractivity contribution is -0.116. The van der Waals surface area contributed by atoms with Crippen LogP contribution in [0.3, 0.4) is 0 Å². The number of carbonyl (C=O) groups excluding carboxylic acids is 1. The first-order chi connectivity index (χ1) is 9.66. The van der Waals surface area contributed by atoms with Crippen molar-refractivity contribution in [2.75, 3.05) is 20.6 Å². The second kappa shape index (κ2) is 7.07. The number of hydrogen-bond donors (Lipinski definition) is 1. The van der Waals surface area contributed by atoms with Crippen LogP contribution in [0.1, 0.15) is 16.7 Å². The average Bonchev–Trinajstić information content (AvgIpc) is 3.09. The van der Waals surface area contributed by atoms with Crippen LogP contribution < -0.4 is 5.32 Å². The van der Waals surface area contributed by atoms with Crippen molar-refractivity contribution in [3.63, 3.8) is 0 Å². The molecule has 0 aliphatic heterocycles. The van der Waals surface area contributed by atoms with Gasteiger partial charge in [-0.3, -0.25) is 4.79 Å². The molecule has 2 aromatic heterocycles. The molecule has 4 nitrogen and oxygen atoms in total. The highest BCUT2D eigenvalue weighted by molar-refractivity contribution is 7.10. The number of amides is 1. The fraction of sp³-hybridized carbons (Fsp3) is 0.267. The first kappa shape index (κ1) is 14.6. The second-order valence-electron chi connectivity index (χ2n) is 4.59. The van der Waals surface area contributed by atoms with Crippen LogP contribution in [-0.4, -0.2) is 31.4 Å². The summed E-state index contributed by atoms with van der Waals surface area (Å²) in [5.74, 6) is 0.548. The van der Waals surface area contributed by atoms with E-state index in [1.54, 1.807) is 35.8 Å². The number of likely N-dealkylation sites (N-methyl/N-ethyl adjacent to an activating group) is 1. The quantitative estimate of drug-likeness (QED) is 0.832. The minimum Gasteiger partial charge on any atom is -0.465 e. The first-order valence-electron chi connectivity index (χ1n) is 6.36. The van der Waals surface area contributed by atoms with Gasteiger partial charge in [0.15, 0.2) is 0 Å². The van der Waals surface area contributed by atoms with E-state index in [1.165, 1.54) is 11.0 Å². The highest BCUT2D eigenvalue weighted by Gasteiger charge is 2.15. The molecule has 0 aliphatic rings. The summed E-state index contributed by atoms with van der Waals surface area (Å²) in [6, 6.07) is 7.89. The van der Waals surface area contributed by atoms with E-state index >= 15 is 0 Å². The van der Waals surface area contributed by atoms with E-state index < -0.39 is 0 Å². The van der Waals surface area contributed by atoms with Gasteiger partial charge in [-0.25, -0.2) is 0 Å². The Kier molecular flexibility index (Phi) is 5.15. The minimum atomic E-state index is -0.121. The standard InChI is InChI=1S/C15H18N2O2S/c1-17(2)13(14-6-4-10-20-14)11-16-15(18)8-7-12-5-3-9-19-12/h3-10,13H,11H2,1-2H3,(H,16,18)/b8-7+/t13-/m1/s1. The largest absolute Gasteiger partial charge is 0.465 e. The van der Waals surface area contributed by atoms with E-state index in [4.69, 9.17) is 4.42 Å². The number of nitrogens with one attached hydrogen (secondary N) is 1. The molecule has 2 rings (SSSR count). The van der Waals surface area contributed by atoms with E-state index in [2.05, 4.69) is 16.3 Å². The van der Waals surface area contributed by atoms with Gasteiger partial charge in [0, 0.05) is 17.5 Å². The van der Waals surface area contributed by atoms with Crippen LogP contribution in [0.5, 0.6) is 0 Å². The molecule has 0 saturated carbocycles. The van der Waals surface area contributed by atoms with Crippen LogP contribution >= 0.6 is 11.3 Å². The van der Waals surface area contributed by atoms with E-state index in [1.807, 2.05) is 25.5 Å². The second-order valence-corrected chi connectivity index (χ2v) is 5.57. The molecule has 20 heavy (non-hydrogen) atoms. The van der Waals surface area contributed by atoms with Crippen molar-refractivity contribution in [1.29, 1.82) is 0 Å². The molecule has 1 N–H and O–H groups in total. The molecule has 1 atom stereocenters. The van der Waals surface area contributed by atoms with Crippen molar-refractivity contribution in [3.8, 4) is 0 Å². The summed E-state index contributed by atoms with van der Waals surface area (Å²) in [5.41, 5.74) is 0. The van der Waals surface area contributed by atoms with Gasteiger partial charge < -0.3 is 14.6 Å². The van der Waals surface area contributed by atoms with Gasteiger partial charge in [-0.15, -0.1) is 11.3 Å². The number of hydrogen-bond acceptors (Lipinski definition) is 4. The fourth-order valence-corrected chi connectivity index (χ4v) is 2.74. The van der Waals surface area contributed by atoms with Gasteiger partial charge in [0.2, 0.25) is 5.91 Å². The van der Waals surface area contributed by atoms with E-state index in [0.29, 0.717) is 12.3 Å². The molecule has 2 aromatic rings. The molecular weight excluding hydrogens is 272 g/mol. The molecule has 106 valence electrons. The van der Waals surface area contributed by atoms with Crippen molar-refractivity contribution in [3.05, 3.63) is 52.6 Å². The van der Waals surface area contributed by atoms with Crippen LogP contribution in [0.25, 0.3) is 6.08 Å². The summed E-state index contributed by atoms with van der Waals surface area (Å²) >= 11 is 1.70. The lowest BCUT2D eigenvalue weighted by Gasteiger charge is -2.23. The number of thiophene rings is 1. The molecule has 0 fully saturated rings. The molecule has 5 heteroatoms. The minimum absolute atomic E-state index is 0.121. The number of carbonyl (C=O) groups is 1. The molecule has 2 heterocycles. The Morgan fingerprint density at radius 2 is 2.30 bits per heavy atom. The zero-order valence-electron chi connectivity index (χ0n) is 11.6. The first-order valence-corrected chi connectivity index (χ1v) is 7.24. The Hall–Kier alpha value is -1.85. The molecule has 0 unspecified atom stereocenters. The summed E-state index contributed by atoms with van der Waals surface area (Å²) in [5, 5.41) is 4.96. The van der Waals surface area contributed by atoms with Gasteiger partial charge in [0.25, 0.3) is 0 Å². The Labute approximate surface area is 122 Å².